The molecule has 0 bridgehead atoms. The Labute approximate surface area is 116 Å². The third-order valence-corrected chi connectivity index (χ3v) is 2.91. The Kier molecular flexibility index (Phi) is 3.62. The number of benzene rings is 1. The summed E-state index contributed by atoms with van der Waals surface area (Å²) in [7, 11) is 0. The fourth-order valence-corrected chi connectivity index (χ4v) is 1.73. The molecule has 96 valence electrons. The quantitative estimate of drug-likeness (QED) is 0.831. The van der Waals surface area contributed by atoms with Gasteiger partial charge in [0.2, 0.25) is 0 Å². The van der Waals surface area contributed by atoms with Gasteiger partial charge in [0.25, 0.3) is 0 Å². The maximum Gasteiger partial charge on any atom is 0.165 e. The monoisotopic (exact) mass is 324 g/mol. The molecule has 0 radical (unpaired) electrons. The van der Waals surface area contributed by atoms with E-state index < -0.39 is 11.6 Å². The van der Waals surface area contributed by atoms with Gasteiger partial charge in [0.1, 0.15) is 23.5 Å². The molecule has 2 aromatic rings. The first-order valence-corrected chi connectivity index (χ1v) is 5.88. The summed E-state index contributed by atoms with van der Waals surface area (Å²) in [6.07, 6.45) is 0. The number of nitriles is 1. The number of nitrogens with zero attached hydrogens (tertiary/aromatic N) is 2. The predicted octanol–water partition coefficient (Wildman–Crippen LogP) is 3.32. The highest BCUT2D eigenvalue weighted by Gasteiger charge is 2.10. The van der Waals surface area contributed by atoms with E-state index in [2.05, 4.69) is 26.2 Å². The first kappa shape index (κ1) is 13.2. The highest BCUT2D eigenvalue weighted by molar-refractivity contribution is 9.10. The number of halogens is 3. The second-order valence-corrected chi connectivity index (χ2v) is 4.47. The molecule has 1 heterocycles. The first-order chi connectivity index (χ1) is 9.01. The van der Waals surface area contributed by atoms with Gasteiger partial charge < -0.3 is 11.1 Å². The lowest BCUT2D eigenvalue weighted by Gasteiger charge is -2.08. The van der Waals surface area contributed by atoms with Gasteiger partial charge in [-0.05, 0) is 34.1 Å². The normalized spacial score (nSPS) is 10.0. The molecule has 0 aliphatic heterocycles. The molecular formula is C12H7BrF2N4. The standard InChI is InChI=1S/C12H7BrF2N4/c13-6-3-10(8(15)4-7(6)14)18-12-2-1-9(17)11(5-16)19-12/h1-4H,17H2,(H,18,19). The topological polar surface area (TPSA) is 74.7 Å². The summed E-state index contributed by atoms with van der Waals surface area (Å²) in [4.78, 5) is 3.91. The number of nitrogens with one attached hydrogen (secondary N) is 1. The van der Waals surface area contributed by atoms with Crippen LogP contribution in [0.1, 0.15) is 5.69 Å². The van der Waals surface area contributed by atoms with Crippen molar-refractivity contribution in [3.8, 4) is 6.07 Å². The smallest absolute Gasteiger partial charge is 0.165 e. The van der Waals surface area contributed by atoms with Gasteiger partial charge in [-0.2, -0.15) is 5.26 Å². The average molecular weight is 325 g/mol. The minimum atomic E-state index is -0.766. The van der Waals surface area contributed by atoms with Crippen LogP contribution in [0, 0.1) is 23.0 Å². The number of pyridine rings is 1. The van der Waals surface area contributed by atoms with Gasteiger partial charge in [0.05, 0.1) is 15.8 Å². The highest BCUT2D eigenvalue weighted by atomic mass is 79.9. The van der Waals surface area contributed by atoms with E-state index >= 15 is 0 Å². The fraction of sp³-hybridized carbons (Fsp3) is 0. The zero-order chi connectivity index (χ0) is 14.0. The van der Waals surface area contributed by atoms with E-state index in [0.29, 0.717) is 0 Å². The van der Waals surface area contributed by atoms with Gasteiger partial charge in [-0.1, -0.05) is 0 Å². The zero-order valence-electron chi connectivity index (χ0n) is 9.42. The van der Waals surface area contributed by atoms with Crippen molar-refractivity contribution in [1.29, 1.82) is 5.26 Å². The van der Waals surface area contributed by atoms with Crippen molar-refractivity contribution in [2.24, 2.45) is 0 Å². The van der Waals surface area contributed by atoms with Gasteiger partial charge >= 0.3 is 0 Å². The van der Waals surface area contributed by atoms with Crippen molar-refractivity contribution in [3.05, 3.63) is 46.1 Å². The van der Waals surface area contributed by atoms with Crippen molar-refractivity contribution in [2.75, 3.05) is 11.1 Å². The summed E-state index contributed by atoms with van der Waals surface area (Å²) >= 11 is 2.96. The molecular weight excluding hydrogens is 318 g/mol. The van der Waals surface area contributed by atoms with Crippen molar-refractivity contribution in [1.82, 2.24) is 4.98 Å². The van der Waals surface area contributed by atoms with E-state index in [1.807, 2.05) is 6.07 Å². The van der Waals surface area contributed by atoms with Crippen molar-refractivity contribution in [3.63, 3.8) is 0 Å². The Morgan fingerprint density at radius 1 is 1.26 bits per heavy atom. The molecule has 4 nitrogen and oxygen atoms in total. The number of hydrogen-bond acceptors (Lipinski definition) is 4. The van der Waals surface area contributed by atoms with Gasteiger partial charge in [-0.15, -0.1) is 0 Å². The summed E-state index contributed by atoms with van der Waals surface area (Å²) < 4.78 is 26.7. The third kappa shape index (κ3) is 2.80. The maximum absolute atomic E-state index is 13.5. The molecule has 3 N–H and O–H groups in total. The molecule has 0 saturated heterocycles. The Balaban J connectivity index is 2.37. The SMILES string of the molecule is N#Cc1nc(Nc2cc(Br)c(F)cc2F)ccc1N. The number of aromatic nitrogens is 1. The lowest BCUT2D eigenvalue weighted by Crippen LogP contribution is -2.01. The van der Waals surface area contributed by atoms with Crippen LogP contribution in [0.15, 0.2) is 28.7 Å². The Bertz CT molecular complexity index is 682. The van der Waals surface area contributed by atoms with Crippen LogP contribution >= 0.6 is 15.9 Å². The summed E-state index contributed by atoms with van der Waals surface area (Å²) in [6, 6.07) is 6.78. The van der Waals surface area contributed by atoms with E-state index in [1.54, 1.807) is 0 Å². The largest absolute Gasteiger partial charge is 0.396 e. The lowest BCUT2D eigenvalue weighted by atomic mass is 10.2. The number of hydrogen-bond donors (Lipinski definition) is 2. The summed E-state index contributed by atoms with van der Waals surface area (Å²) in [6.45, 7) is 0. The molecule has 0 unspecified atom stereocenters. The zero-order valence-corrected chi connectivity index (χ0v) is 11.0. The average Bonchev–Trinajstić information content (AvgIpc) is 2.38. The molecule has 1 aromatic carbocycles. The molecule has 19 heavy (non-hydrogen) atoms. The third-order valence-electron chi connectivity index (χ3n) is 2.31. The molecule has 7 heteroatoms. The minimum Gasteiger partial charge on any atom is -0.396 e. The second-order valence-electron chi connectivity index (χ2n) is 3.62. The molecule has 0 saturated carbocycles. The minimum absolute atomic E-state index is 0.0339. The van der Waals surface area contributed by atoms with Gasteiger partial charge in [-0.25, -0.2) is 13.8 Å². The van der Waals surface area contributed by atoms with Crippen LogP contribution in [0.25, 0.3) is 0 Å². The Morgan fingerprint density at radius 2 is 2.00 bits per heavy atom. The molecule has 2 rings (SSSR count). The molecule has 1 aromatic heterocycles. The first-order valence-electron chi connectivity index (χ1n) is 5.09. The van der Waals surface area contributed by atoms with Gasteiger partial charge in [0, 0.05) is 6.07 Å². The van der Waals surface area contributed by atoms with Crippen LogP contribution in [0.2, 0.25) is 0 Å². The highest BCUT2D eigenvalue weighted by Crippen LogP contribution is 2.26. The molecule has 0 amide bonds. The van der Waals surface area contributed by atoms with E-state index in [4.69, 9.17) is 11.0 Å². The van der Waals surface area contributed by atoms with E-state index in [9.17, 15) is 8.78 Å². The van der Waals surface area contributed by atoms with Gasteiger partial charge in [-0.3, -0.25) is 0 Å². The van der Waals surface area contributed by atoms with Crippen LogP contribution in [-0.4, -0.2) is 4.98 Å². The van der Waals surface area contributed by atoms with E-state index in [0.717, 1.165) is 6.07 Å². The van der Waals surface area contributed by atoms with Crippen LogP contribution < -0.4 is 11.1 Å². The number of anilines is 3. The molecule has 0 spiro atoms. The van der Waals surface area contributed by atoms with Crippen molar-refractivity contribution >= 4 is 33.1 Å². The number of rotatable bonds is 2. The van der Waals surface area contributed by atoms with Crippen LogP contribution in [0.3, 0.4) is 0 Å². The fourth-order valence-electron chi connectivity index (χ4n) is 1.39. The molecule has 0 atom stereocenters. The summed E-state index contributed by atoms with van der Waals surface area (Å²) in [5, 5.41) is 11.4. The lowest BCUT2D eigenvalue weighted by molar-refractivity contribution is 0.581. The molecule has 0 fully saturated rings. The number of nitrogen functional groups attached to an aromatic ring is 1. The summed E-state index contributed by atoms with van der Waals surface area (Å²) in [5.41, 5.74) is 5.82. The Morgan fingerprint density at radius 3 is 2.68 bits per heavy atom. The van der Waals surface area contributed by atoms with Crippen LogP contribution in [0.5, 0.6) is 0 Å². The van der Waals surface area contributed by atoms with E-state index in [-0.39, 0.29) is 27.4 Å². The van der Waals surface area contributed by atoms with E-state index in [1.165, 1.54) is 18.2 Å². The maximum atomic E-state index is 13.5. The van der Waals surface area contributed by atoms with Crippen molar-refractivity contribution in [2.45, 2.75) is 0 Å². The molecule has 0 aliphatic rings. The van der Waals surface area contributed by atoms with Crippen LogP contribution in [0.4, 0.5) is 26.0 Å². The van der Waals surface area contributed by atoms with Gasteiger partial charge in [0.15, 0.2) is 5.69 Å². The van der Waals surface area contributed by atoms with Crippen molar-refractivity contribution < 1.29 is 8.78 Å². The number of nitrogens with two attached hydrogens (primary N) is 1. The predicted molar refractivity (Wildman–Crippen MR) is 70.7 cm³/mol. The molecule has 0 aliphatic carbocycles. The van der Waals surface area contributed by atoms with Crippen LogP contribution in [-0.2, 0) is 0 Å². The summed E-state index contributed by atoms with van der Waals surface area (Å²) in [5.74, 6) is -1.23. The second kappa shape index (κ2) is 5.20. The Hall–Kier alpha value is -2.20.